The highest BCUT2D eigenvalue weighted by Crippen LogP contribution is 2.31. The second kappa shape index (κ2) is 4.86. The summed E-state index contributed by atoms with van der Waals surface area (Å²) >= 11 is 0. The number of hydrogen-bond donors (Lipinski definition) is 1. The van der Waals surface area contributed by atoms with Gasteiger partial charge in [-0.05, 0) is 49.6 Å². The molecule has 5 nitrogen and oxygen atoms in total. The minimum absolute atomic E-state index is 0.0829. The van der Waals surface area contributed by atoms with E-state index in [9.17, 15) is 13.2 Å². The number of sulfonamides is 1. The molecule has 0 aliphatic carbocycles. The molecule has 1 unspecified atom stereocenters. The van der Waals surface area contributed by atoms with Crippen LogP contribution in [0.25, 0.3) is 0 Å². The average molecular weight is 294 g/mol. The molecule has 108 valence electrons. The summed E-state index contributed by atoms with van der Waals surface area (Å²) in [6.45, 7) is 1.36. The largest absolute Gasteiger partial charge is 0.307 e. The zero-order valence-corrected chi connectivity index (χ0v) is 12.2. The SMILES string of the molecule is CS(=O)(=O)N1CCc2cc(C(=O)C3CCCN3)ccc21. The number of nitrogens with one attached hydrogen (secondary N) is 1. The number of hydrogen-bond acceptors (Lipinski definition) is 4. The van der Waals surface area contributed by atoms with Crippen LogP contribution in [0.4, 0.5) is 5.69 Å². The fourth-order valence-electron chi connectivity index (χ4n) is 2.98. The molecule has 0 aromatic heterocycles. The van der Waals surface area contributed by atoms with Crippen LogP contribution in [0.1, 0.15) is 28.8 Å². The van der Waals surface area contributed by atoms with Crippen LogP contribution in [0.2, 0.25) is 0 Å². The molecule has 0 spiro atoms. The van der Waals surface area contributed by atoms with Crippen molar-refractivity contribution < 1.29 is 13.2 Å². The van der Waals surface area contributed by atoms with Gasteiger partial charge in [-0.1, -0.05) is 0 Å². The van der Waals surface area contributed by atoms with Crippen LogP contribution in [0.3, 0.4) is 0 Å². The van der Waals surface area contributed by atoms with Gasteiger partial charge in [0.05, 0.1) is 18.0 Å². The Morgan fingerprint density at radius 3 is 2.85 bits per heavy atom. The topological polar surface area (TPSA) is 66.5 Å². The molecule has 0 radical (unpaired) electrons. The van der Waals surface area contributed by atoms with E-state index in [1.807, 2.05) is 6.07 Å². The molecule has 3 rings (SSSR count). The van der Waals surface area contributed by atoms with E-state index in [-0.39, 0.29) is 11.8 Å². The van der Waals surface area contributed by atoms with Gasteiger partial charge in [0.1, 0.15) is 0 Å². The van der Waals surface area contributed by atoms with Crippen LogP contribution < -0.4 is 9.62 Å². The van der Waals surface area contributed by atoms with Crippen molar-refractivity contribution in [1.82, 2.24) is 5.32 Å². The molecule has 0 amide bonds. The van der Waals surface area contributed by atoms with Gasteiger partial charge < -0.3 is 5.32 Å². The van der Waals surface area contributed by atoms with Crippen molar-refractivity contribution in [2.75, 3.05) is 23.7 Å². The molecule has 6 heteroatoms. The van der Waals surface area contributed by atoms with Crippen LogP contribution in [0, 0.1) is 0 Å². The van der Waals surface area contributed by atoms with E-state index in [1.165, 1.54) is 10.6 Å². The summed E-state index contributed by atoms with van der Waals surface area (Å²) in [4.78, 5) is 12.3. The Kier molecular flexibility index (Phi) is 3.30. The van der Waals surface area contributed by atoms with Crippen molar-refractivity contribution in [3.05, 3.63) is 29.3 Å². The number of rotatable bonds is 3. The standard InChI is InChI=1S/C14H18N2O3S/c1-20(18,19)16-8-6-10-9-11(4-5-13(10)16)14(17)12-3-2-7-15-12/h4-5,9,12,15H,2-3,6-8H2,1H3. The summed E-state index contributed by atoms with van der Waals surface area (Å²) in [5.41, 5.74) is 2.33. The third-order valence-electron chi connectivity index (χ3n) is 3.99. The third-order valence-corrected chi connectivity index (χ3v) is 5.17. The summed E-state index contributed by atoms with van der Waals surface area (Å²) in [6.07, 6.45) is 3.79. The van der Waals surface area contributed by atoms with Crippen molar-refractivity contribution in [3.63, 3.8) is 0 Å². The zero-order chi connectivity index (χ0) is 14.3. The smallest absolute Gasteiger partial charge is 0.232 e. The van der Waals surface area contributed by atoms with Crippen molar-refractivity contribution in [1.29, 1.82) is 0 Å². The van der Waals surface area contributed by atoms with Gasteiger partial charge >= 0.3 is 0 Å². The first-order valence-corrected chi connectivity index (χ1v) is 8.70. The van der Waals surface area contributed by atoms with Crippen molar-refractivity contribution in [2.24, 2.45) is 0 Å². The molecule has 2 aliphatic heterocycles. The molecular formula is C14H18N2O3S. The monoisotopic (exact) mass is 294 g/mol. The summed E-state index contributed by atoms with van der Waals surface area (Å²) in [7, 11) is -3.23. The average Bonchev–Trinajstić information content (AvgIpc) is 3.05. The van der Waals surface area contributed by atoms with Crippen molar-refractivity contribution in [3.8, 4) is 0 Å². The van der Waals surface area contributed by atoms with E-state index in [1.54, 1.807) is 12.1 Å². The number of nitrogens with zero attached hydrogens (tertiary/aromatic N) is 1. The molecule has 1 aromatic rings. The lowest BCUT2D eigenvalue weighted by atomic mass is 10.00. The van der Waals surface area contributed by atoms with Gasteiger partial charge in [0.25, 0.3) is 0 Å². The highest BCUT2D eigenvalue weighted by molar-refractivity contribution is 7.92. The lowest BCUT2D eigenvalue weighted by molar-refractivity contribution is 0.0952. The molecule has 1 atom stereocenters. The summed E-state index contributed by atoms with van der Waals surface area (Å²) in [5, 5.41) is 3.20. The second-order valence-corrected chi connectivity index (χ2v) is 7.35. The Morgan fingerprint density at radius 2 is 2.20 bits per heavy atom. The highest BCUT2D eigenvalue weighted by Gasteiger charge is 2.28. The van der Waals surface area contributed by atoms with Gasteiger partial charge in [-0.2, -0.15) is 0 Å². The van der Waals surface area contributed by atoms with Crippen LogP contribution in [0.5, 0.6) is 0 Å². The molecule has 0 saturated carbocycles. The van der Waals surface area contributed by atoms with Gasteiger partial charge in [-0.25, -0.2) is 8.42 Å². The van der Waals surface area contributed by atoms with Crippen LogP contribution in [0.15, 0.2) is 18.2 Å². The minimum atomic E-state index is -3.23. The molecule has 0 bridgehead atoms. The number of carbonyl (C=O) groups is 1. The lowest BCUT2D eigenvalue weighted by Gasteiger charge is -2.16. The summed E-state index contributed by atoms with van der Waals surface area (Å²) in [6, 6.07) is 5.26. The second-order valence-electron chi connectivity index (χ2n) is 5.44. The molecular weight excluding hydrogens is 276 g/mol. The van der Waals surface area contributed by atoms with Gasteiger partial charge in [-0.3, -0.25) is 9.10 Å². The third kappa shape index (κ3) is 2.33. The number of carbonyl (C=O) groups excluding carboxylic acids is 1. The highest BCUT2D eigenvalue weighted by atomic mass is 32.2. The Hall–Kier alpha value is -1.40. The predicted molar refractivity (Wildman–Crippen MR) is 77.7 cm³/mol. The van der Waals surface area contributed by atoms with E-state index < -0.39 is 10.0 Å². The normalized spacial score (nSPS) is 22.1. The number of ketones is 1. The molecule has 2 aliphatic rings. The quantitative estimate of drug-likeness (QED) is 0.843. The molecule has 1 saturated heterocycles. The minimum Gasteiger partial charge on any atom is -0.307 e. The number of anilines is 1. The molecule has 1 fully saturated rings. The van der Waals surface area contributed by atoms with E-state index in [2.05, 4.69) is 5.32 Å². The molecule has 1 N–H and O–H groups in total. The maximum atomic E-state index is 12.3. The van der Waals surface area contributed by atoms with E-state index in [0.29, 0.717) is 24.2 Å². The predicted octanol–water partition coefficient (Wildman–Crippen LogP) is 0.943. The number of fused-ring (bicyclic) bond motifs is 1. The van der Waals surface area contributed by atoms with Crippen LogP contribution >= 0.6 is 0 Å². The maximum absolute atomic E-state index is 12.3. The first-order valence-electron chi connectivity index (χ1n) is 6.85. The van der Waals surface area contributed by atoms with E-state index in [0.717, 1.165) is 24.9 Å². The van der Waals surface area contributed by atoms with Gasteiger partial charge in [-0.15, -0.1) is 0 Å². The number of benzene rings is 1. The van der Waals surface area contributed by atoms with Gasteiger partial charge in [0.15, 0.2) is 5.78 Å². The van der Waals surface area contributed by atoms with E-state index >= 15 is 0 Å². The number of Topliss-reactive ketones (excluding diaryl/α,β-unsaturated/α-hetero) is 1. The molecule has 2 heterocycles. The lowest BCUT2D eigenvalue weighted by Crippen LogP contribution is -2.30. The Morgan fingerprint density at radius 1 is 1.40 bits per heavy atom. The van der Waals surface area contributed by atoms with Gasteiger partial charge in [0, 0.05) is 12.1 Å². The fraction of sp³-hybridized carbons (Fsp3) is 0.500. The first kappa shape index (κ1) is 13.6. The van der Waals surface area contributed by atoms with Crippen LogP contribution in [-0.2, 0) is 16.4 Å². The fourth-order valence-corrected chi connectivity index (χ4v) is 3.94. The molecule has 20 heavy (non-hydrogen) atoms. The first-order chi connectivity index (χ1) is 9.47. The summed E-state index contributed by atoms with van der Waals surface area (Å²) in [5.74, 6) is 0.114. The Balaban J connectivity index is 1.89. The van der Waals surface area contributed by atoms with Crippen molar-refractivity contribution >= 4 is 21.5 Å². The van der Waals surface area contributed by atoms with Gasteiger partial charge in [0.2, 0.25) is 10.0 Å². The molecule has 1 aromatic carbocycles. The maximum Gasteiger partial charge on any atom is 0.232 e. The van der Waals surface area contributed by atoms with E-state index in [4.69, 9.17) is 0 Å². The van der Waals surface area contributed by atoms with Crippen molar-refractivity contribution in [2.45, 2.75) is 25.3 Å². The Labute approximate surface area is 119 Å². The summed E-state index contributed by atoms with van der Waals surface area (Å²) < 4.78 is 24.8. The van der Waals surface area contributed by atoms with Crippen LogP contribution in [-0.4, -0.2) is 39.6 Å². The Bertz CT molecular complexity index is 648. The zero-order valence-electron chi connectivity index (χ0n) is 11.4.